The number of nitrogens with zero attached hydrogens (tertiary/aromatic N) is 1. The van der Waals surface area contributed by atoms with Gasteiger partial charge in [0.25, 0.3) is 0 Å². The summed E-state index contributed by atoms with van der Waals surface area (Å²) in [4.78, 5) is 4.03. The quantitative estimate of drug-likeness (QED) is 0.464. The Bertz CT molecular complexity index is 763. The van der Waals surface area contributed by atoms with Crippen LogP contribution in [-0.4, -0.2) is 10.1 Å². The lowest BCUT2D eigenvalue weighted by molar-refractivity contribution is 0.0783. The van der Waals surface area contributed by atoms with E-state index in [1.165, 1.54) is 28.0 Å². The first kappa shape index (κ1) is 24.5. The number of hydrogen-bond acceptors (Lipinski definition) is 7. The predicted octanol–water partition coefficient (Wildman–Crippen LogP) is 5.42. The zero-order valence-electron chi connectivity index (χ0n) is 18.0. The summed E-state index contributed by atoms with van der Waals surface area (Å²) in [6.07, 6.45) is 1.67. The number of hydrogen-bond donors (Lipinski definition) is 4. The Morgan fingerprint density at radius 1 is 1.21 bits per heavy atom. The molecule has 1 heterocycles. The lowest BCUT2D eigenvalue weighted by atomic mass is 9.90. The fourth-order valence-corrected chi connectivity index (χ4v) is 3.85. The Balaban J connectivity index is 0.000000307. The maximum Gasteiger partial charge on any atom is 0.125 e. The van der Waals surface area contributed by atoms with Crippen molar-refractivity contribution in [2.45, 2.75) is 70.1 Å². The number of aryl methyl sites for hydroxylation is 1. The summed E-state index contributed by atoms with van der Waals surface area (Å²) in [5.41, 5.74) is 9.89. The van der Waals surface area contributed by atoms with Crippen LogP contribution >= 0.6 is 23.3 Å². The van der Waals surface area contributed by atoms with Crippen LogP contribution in [0.4, 0.5) is 5.69 Å². The predicted molar refractivity (Wildman–Crippen MR) is 124 cm³/mol. The first-order chi connectivity index (χ1) is 12.9. The normalized spacial score (nSPS) is 11.4. The summed E-state index contributed by atoms with van der Waals surface area (Å²) >= 11 is 2.57. The standard InChI is InChI=1S/C15H24N2.C6H10N2OS2/c1-9(2)13-7-11(5)8-14(10(3)4)15(13)17-12(6)16;1-6(2,9)5-8-3-4(10-5)11-7/h7-10,17H,6,16H2,1-5H3;3,9H,7H2,1-2H3. The van der Waals surface area contributed by atoms with E-state index in [1.807, 2.05) is 0 Å². The molecule has 0 bridgehead atoms. The molecule has 0 fully saturated rings. The van der Waals surface area contributed by atoms with Crippen molar-refractivity contribution in [3.8, 4) is 0 Å². The Labute approximate surface area is 177 Å². The van der Waals surface area contributed by atoms with Crippen molar-refractivity contribution in [1.29, 1.82) is 0 Å². The smallest absolute Gasteiger partial charge is 0.125 e. The van der Waals surface area contributed by atoms with Crippen LogP contribution in [0.25, 0.3) is 0 Å². The van der Waals surface area contributed by atoms with Crippen LogP contribution in [-0.2, 0) is 5.60 Å². The zero-order chi connectivity index (χ0) is 21.6. The van der Waals surface area contributed by atoms with Crippen LogP contribution in [0.3, 0.4) is 0 Å². The van der Waals surface area contributed by atoms with Crippen molar-refractivity contribution in [3.05, 3.63) is 52.4 Å². The number of nitrogens with one attached hydrogen (secondary N) is 1. The molecule has 5 nitrogen and oxygen atoms in total. The number of benzene rings is 1. The minimum Gasteiger partial charge on any atom is -0.386 e. The molecule has 0 aliphatic heterocycles. The lowest BCUT2D eigenvalue weighted by Gasteiger charge is -2.21. The van der Waals surface area contributed by atoms with E-state index in [2.05, 4.69) is 63.6 Å². The van der Waals surface area contributed by atoms with Gasteiger partial charge in [-0.3, -0.25) is 5.14 Å². The van der Waals surface area contributed by atoms with Gasteiger partial charge in [0.05, 0.1) is 16.2 Å². The molecule has 6 N–H and O–H groups in total. The molecule has 2 rings (SSSR count). The minimum atomic E-state index is -0.849. The van der Waals surface area contributed by atoms with Gasteiger partial charge in [0, 0.05) is 5.69 Å². The summed E-state index contributed by atoms with van der Waals surface area (Å²) < 4.78 is 0.919. The average molecular weight is 423 g/mol. The van der Waals surface area contributed by atoms with Crippen molar-refractivity contribution in [2.24, 2.45) is 10.9 Å². The van der Waals surface area contributed by atoms with Gasteiger partial charge in [-0.1, -0.05) is 52.0 Å². The Morgan fingerprint density at radius 2 is 1.71 bits per heavy atom. The molecule has 0 amide bonds. The largest absolute Gasteiger partial charge is 0.386 e. The highest BCUT2D eigenvalue weighted by molar-refractivity contribution is 7.99. The molecular weight excluding hydrogens is 388 g/mol. The third kappa shape index (κ3) is 7.13. The van der Waals surface area contributed by atoms with Gasteiger partial charge in [-0.2, -0.15) is 0 Å². The van der Waals surface area contributed by atoms with Gasteiger partial charge in [0.2, 0.25) is 0 Å². The number of rotatable bonds is 6. The third-order valence-corrected chi connectivity index (χ3v) is 5.98. The second-order valence-electron chi connectivity index (χ2n) is 7.94. The zero-order valence-corrected chi connectivity index (χ0v) is 19.6. The second kappa shape index (κ2) is 10.3. The number of aliphatic hydroxyl groups is 1. The van der Waals surface area contributed by atoms with E-state index in [0.717, 1.165) is 21.8 Å². The summed E-state index contributed by atoms with van der Waals surface area (Å²) in [5.74, 6) is 1.43. The summed E-state index contributed by atoms with van der Waals surface area (Å²) in [5, 5.41) is 18.7. The highest BCUT2D eigenvalue weighted by Gasteiger charge is 2.20. The van der Waals surface area contributed by atoms with Crippen LogP contribution < -0.4 is 16.2 Å². The second-order valence-corrected chi connectivity index (χ2v) is 9.90. The molecular formula is C21H34N4OS2. The van der Waals surface area contributed by atoms with Gasteiger partial charge >= 0.3 is 0 Å². The topological polar surface area (TPSA) is 97.2 Å². The van der Waals surface area contributed by atoms with Crippen molar-refractivity contribution in [3.63, 3.8) is 0 Å². The number of aromatic nitrogens is 1. The van der Waals surface area contributed by atoms with Crippen LogP contribution in [0.15, 0.2) is 34.9 Å². The van der Waals surface area contributed by atoms with Gasteiger partial charge in [-0.25, -0.2) is 4.98 Å². The van der Waals surface area contributed by atoms with E-state index in [1.54, 1.807) is 20.0 Å². The molecule has 2 aromatic rings. The van der Waals surface area contributed by atoms with Crippen molar-refractivity contribution < 1.29 is 5.11 Å². The monoisotopic (exact) mass is 422 g/mol. The maximum absolute atomic E-state index is 9.50. The first-order valence-electron chi connectivity index (χ1n) is 9.28. The molecule has 0 aliphatic rings. The number of thiazole rings is 1. The van der Waals surface area contributed by atoms with Crippen LogP contribution in [0, 0.1) is 6.92 Å². The van der Waals surface area contributed by atoms with Crippen LogP contribution in [0.1, 0.15) is 75.1 Å². The first-order valence-corrected chi connectivity index (χ1v) is 11.0. The van der Waals surface area contributed by atoms with E-state index in [9.17, 15) is 5.11 Å². The van der Waals surface area contributed by atoms with E-state index in [4.69, 9.17) is 10.9 Å². The molecule has 28 heavy (non-hydrogen) atoms. The molecule has 1 aromatic heterocycles. The number of anilines is 1. The Kier molecular flexibility index (Phi) is 9.01. The molecule has 0 atom stereocenters. The SMILES string of the molecule is C=C(N)Nc1c(C(C)C)cc(C)cc1C(C)C.CC(C)(O)c1ncc(SN)s1. The van der Waals surface area contributed by atoms with Crippen LogP contribution in [0.2, 0.25) is 0 Å². The average Bonchev–Trinajstić information content (AvgIpc) is 3.05. The van der Waals surface area contributed by atoms with E-state index >= 15 is 0 Å². The molecule has 0 saturated carbocycles. The fraction of sp³-hybridized carbons (Fsp3) is 0.476. The van der Waals surface area contributed by atoms with Gasteiger partial charge in [0.15, 0.2) is 0 Å². The molecule has 0 radical (unpaired) electrons. The summed E-state index contributed by atoms with van der Waals surface area (Å²) in [6.45, 7) is 18.1. The maximum atomic E-state index is 9.50. The number of nitrogens with two attached hydrogens (primary N) is 2. The molecule has 0 unspecified atom stereocenters. The van der Waals surface area contributed by atoms with E-state index in [0.29, 0.717) is 22.7 Å². The Morgan fingerprint density at radius 3 is 2.00 bits per heavy atom. The molecule has 0 aliphatic carbocycles. The molecule has 0 spiro atoms. The third-order valence-electron chi connectivity index (χ3n) is 4.00. The van der Waals surface area contributed by atoms with E-state index < -0.39 is 5.60 Å². The fourth-order valence-electron chi connectivity index (χ4n) is 2.66. The van der Waals surface area contributed by atoms with Crippen LogP contribution in [0.5, 0.6) is 0 Å². The summed E-state index contributed by atoms with van der Waals surface area (Å²) in [6, 6.07) is 4.45. The van der Waals surface area contributed by atoms with Gasteiger partial charge in [-0.05, 0) is 55.7 Å². The van der Waals surface area contributed by atoms with Crippen molar-refractivity contribution in [2.75, 3.05) is 5.32 Å². The highest BCUT2D eigenvalue weighted by atomic mass is 32.2. The van der Waals surface area contributed by atoms with Crippen molar-refractivity contribution in [1.82, 2.24) is 4.98 Å². The Hall–Kier alpha value is -1.54. The molecule has 7 heteroatoms. The molecule has 1 aromatic carbocycles. The molecule has 156 valence electrons. The van der Waals surface area contributed by atoms with E-state index in [-0.39, 0.29) is 0 Å². The van der Waals surface area contributed by atoms with Gasteiger partial charge < -0.3 is 16.2 Å². The molecule has 0 saturated heterocycles. The highest BCUT2D eigenvalue weighted by Crippen LogP contribution is 2.34. The van der Waals surface area contributed by atoms with Gasteiger partial charge in [0.1, 0.15) is 10.6 Å². The van der Waals surface area contributed by atoms with Gasteiger partial charge in [-0.15, -0.1) is 11.3 Å². The summed E-state index contributed by atoms with van der Waals surface area (Å²) in [7, 11) is 0. The van der Waals surface area contributed by atoms with Crippen molar-refractivity contribution >= 4 is 29.0 Å². The minimum absolute atomic E-state index is 0.467. The lowest BCUT2D eigenvalue weighted by Crippen LogP contribution is -2.14.